The number of rotatable bonds is 39. The fourth-order valence-corrected chi connectivity index (χ4v) is 6.51. The maximum absolute atomic E-state index is 12.7. The summed E-state index contributed by atoms with van der Waals surface area (Å²) in [6, 6.07) is 0. The van der Waals surface area contributed by atoms with Crippen molar-refractivity contribution < 1.29 is 24.2 Å². The molecule has 49 heavy (non-hydrogen) atoms. The van der Waals surface area contributed by atoms with Gasteiger partial charge in [-0.05, 0) is 64.2 Å². The van der Waals surface area contributed by atoms with Crippen LogP contribution < -0.4 is 5.32 Å². The summed E-state index contributed by atoms with van der Waals surface area (Å²) in [5.74, 6) is -1.22. The molecule has 6 heteroatoms. The molecule has 0 aliphatic rings. The number of aliphatic carboxylic acids is 1. The van der Waals surface area contributed by atoms with Crippen molar-refractivity contribution in [2.45, 2.75) is 238 Å². The predicted octanol–water partition coefficient (Wildman–Crippen LogP) is 13.0. The minimum Gasteiger partial charge on any atom is -0.480 e. The summed E-state index contributed by atoms with van der Waals surface area (Å²) in [6.45, 7) is 4.22. The molecule has 0 aliphatic heterocycles. The summed E-state index contributed by atoms with van der Waals surface area (Å²) in [4.78, 5) is 34.9. The molecule has 6 nitrogen and oxygen atoms in total. The second-order valence-corrected chi connectivity index (χ2v) is 14.6. The van der Waals surface area contributed by atoms with E-state index >= 15 is 0 Å². The summed E-state index contributed by atoms with van der Waals surface area (Å²) >= 11 is 0. The molecule has 0 spiro atoms. The predicted molar refractivity (Wildman–Crippen MR) is 208 cm³/mol. The van der Waals surface area contributed by atoms with Crippen molar-refractivity contribution in [2.75, 3.05) is 6.54 Å². The summed E-state index contributed by atoms with van der Waals surface area (Å²) in [7, 11) is 0. The Hall–Kier alpha value is -1.85. The lowest BCUT2D eigenvalue weighted by Crippen LogP contribution is -2.28. The van der Waals surface area contributed by atoms with E-state index in [4.69, 9.17) is 9.84 Å². The van der Waals surface area contributed by atoms with Gasteiger partial charge in [-0.1, -0.05) is 167 Å². The highest BCUT2D eigenvalue weighted by atomic mass is 16.5. The van der Waals surface area contributed by atoms with Gasteiger partial charge in [-0.15, -0.1) is 0 Å². The maximum Gasteiger partial charge on any atom is 0.322 e. The van der Waals surface area contributed by atoms with Crippen LogP contribution in [0.1, 0.15) is 232 Å². The van der Waals surface area contributed by atoms with Crippen LogP contribution in [-0.2, 0) is 19.1 Å². The maximum atomic E-state index is 12.7. The Labute approximate surface area is 303 Å². The lowest BCUT2D eigenvalue weighted by atomic mass is 10.0. The van der Waals surface area contributed by atoms with Crippen molar-refractivity contribution in [3.8, 4) is 0 Å². The minimum atomic E-state index is -1.01. The lowest BCUT2D eigenvalue weighted by Gasteiger charge is -2.18. The van der Waals surface area contributed by atoms with Gasteiger partial charge in [-0.2, -0.15) is 0 Å². The topological polar surface area (TPSA) is 92.7 Å². The lowest BCUT2D eigenvalue weighted by molar-refractivity contribution is -0.150. The summed E-state index contributed by atoms with van der Waals surface area (Å²) in [5, 5.41) is 11.1. The van der Waals surface area contributed by atoms with E-state index in [2.05, 4.69) is 31.3 Å². The SMILES string of the molecule is CCCCCCCC/C=C\CCCCCCCCCCCC(=O)OC(CCCCCCCCCC)CCCCCCCC(=O)NCC(=O)O. The van der Waals surface area contributed by atoms with Crippen molar-refractivity contribution in [2.24, 2.45) is 0 Å². The zero-order valence-corrected chi connectivity index (χ0v) is 32.6. The van der Waals surface area contributed by atoms with Gasteiger partial charge < -0.3 is 15.2 Å². The molecule has 2 N–H and O–H groups in total. The second-order valence-electron chi connectivity index (χ2n) is 14.6. The highest BCUT2D eigenvalue weighted by Gasteiger charge is 2.14. The van der Waals surface area contributed by atoms with E-state index in [-0.39, 0.29) is 24.5 Å². The summed E-state index contributed by atoms with van der Waals surface area (Å²) in [5.41, 5.74) is 0. The van der Waals surface area contributed by atoms with Crippen molar-refractivity contribution in [1.29, 1.82) is 0 Å². The number of carbonyl (C=O) groups excluding carboxylic acids is 2. The van der Waals surface area contributed by atoms with Gasteiger partial charge in [-0.3, -0.25) is 14.4 Å². The van der Waals surface area contributed by atoms with E-state index in [1.54, 1.807) is 0 Å². The molecule has 0 aliphatic carbocycles. The van der Waals surface area contributed by atoms with Crippen molar-refractivity contribution >= 4 is 17.8 Å². The van der Waals surface area contributed by atoms with E-state index < -0.39 is 5.97 Å². The number of carbonyl (C=O) groups is 3. The average molecular weight is 692 g/mol. The van der Waals surface area contributed by atoms with Crippen molar-refractivity contribution in [3.05, 3.63) is 12.2 Å². The molecule has 0 saturated heterocycles. The van der Waals surface area contributed by atoms with Crippen LogP contribution in [0.25, 0.3) is 0 Å². The number of ether oxygens (including phenoxy) is 1. The Balaban J connectivity index is 3.98. The quantitative estimate of drug-likeness (QED) is 0.0380. The van der Waals surface area contributed by atoms with Crippen LogP contribution in [0, 0.1) is 0 Å². The number of carboxylic acids is 1. The Morgan fingerprint density at radius 1 is 0.510 bits per heavy atom. The molecule has 0 aromatic rings. The van der Waals surface area contributed by atoms with Gasteiger partial charge in [0.25, 0.3) is 0 Å². The zero-order chi connectivity index (χ0) is 35.9. The molecule has 1 amide bonds. The Kier molecular flexibility index (Phi) is 37.5. The van der Waals surface area contributed by atoms with Crippen LogP contribution in [-0.4, -0.2) is 35.6 Å². The first-order chi connectivity index (χ1) is 24.0. The van der Waals surface area contributed by atoms with E-state index in [0.717, 1.165) is 64.2 Å². The van der Waals surface area contributed by atoms with Gasteiger partial charge in [0.15, 0.2) is 0 Å². The molecular weight excluding hydrogens is 610 g/mol. The van der Waals surface area contributed by atoms with Gasteiger partial charge in [0.2, 0.25) is 5.91 Å². The number of hydrogen-bond acceptors (Lipinski definition) is 4. The number of unbranched alkanes of at least 4 members (excludes halogenated alkanes) is 26. The van der Waals surface area contributed by atoms with Crippen molar-refractivity contribution in [1.82, 2.24) is 5.32 Å². The van der Waals surface area contributed by atoms with E-state index in [0.29, 0.717) is 12.8 Å². The minimum absolute atomic E-state index is 0.0158. The number of carboxylic acid groups (broad SMARTS) is 1. The van der Waals surface area contributed by atoms with Gasteiger partial charge in [-0.25, -0.2) is 0 Å². The molecule has 0 heterocycles. The number of allylic oxidation sites excluding steroid dienone is 2. The smallest absolute Gasteiger partial charge is 0.322 e. The molecular formula is C43H81NO5. The molecule has 288 valence electrons. The third-order valence-electron chi connectivity index (χ3n) is 9.69. The van der Waals surface area contributed by atoms with Gasteiger partial charge in [0.05, 0.1) is 0 Å². The van der Waals surface area contributed by atoms with E-state index in [1.807, 2.05) is 0 Å². The molecule has 0 radical (unpaired) electrons. The molecule has 0 rings (SSSR count). The molecule has 0 aromatic carbocycles. The Bertz CT molecular complexity index is 767. The molecule has 0 aromatic heterocycles. The van der Waals surface area contributed by atoms with Gasteiger partial charge >= 0.3 is 11.9 Å². The van der Waals surface area contributed by atoms with Crippen LogP contribution in [0.2, 0.25) is 0 Å². The second kappa shape index (κ2) is 38.9. The van der Waals surface area contributed by atoms with Crippen LogP contribution in [0.3, 0.4) is 0 Å². The highest BCUT2D eigenvalue weighted by Crippen LogP contribution is 2.19. The molecule has 1 atom stereocenters. The average Bonchev–Trinajstić information content (AvgIpc) is 3.08. The van der Waals surface area contributed by atoms with Crippen LogP contribution in [0.4, 0.5) is 0 Å². The molecule has 0 fully saturated rings. The monoisotopic (exact) mass is 692 g/mol. The third-order valence-corrected chi connectivity index (χ3v) is 9.69. The summed E-state index contributed by atoms with van der Waals surface area (Å²) in [6.07, 6.45) is 44.8. The fraction of sp³-hybridized carbons (Fsp3) is 0.884. The Morgan fingerprint density at radius 3 is 1.31 bits per heavy atom. The van der Waals surface area contributed by atoms with E-state index in [9.17, 15) is 14.4 Å². The van der Waals surface area contributed by atoms with Gasteiger partial charge in [0, 0.05) is 12.8 Å². The highest BCUT2D eigenvalue weighted by molar-refractivity contribution is 5.80. The zero-order valence-electron chi connectivity index (χ0n) is 32.6. The van der Waals surface area contributed by atoms with Crippen molar-refractivity contribution in [3.63, 3.8) is 0 Å². The third kappa shape index (κ3) is 38.8. The number of hydrogen-bond donors (Lipinski definition) is 2. The first-order valence-corrected chi connectivity index (χ1v) is 21.3. The first-order valence-electron chi connectivity index (χ1n) is 21.3. The fourth-order valence-electron chi connectivity index (χ4n) is 6.51. The normalized spacial score (nSPS) is 12.0. The number of esters is 1. The molecule has 1 unspecified atom stereocenters. The number of amides is 1. The van der Waals surface area contributed by atoms with Crippen LogP contribution >= 0.6 is 0 Å². The molecule has 0 saturated carbocycles. The van der Waals surface area contributed by atoms with Crippen LogP contribution in [0.5, 0.6) is 0 Å². The molecule has 0 bridgehead atoms. The number of nitrogens with one attached hydrogen (secondary N) is 1. The van der Waals surface area contributed by atoms with Gasteiger partial charge in [0.1, 0.15) is 12.6 Å². The largest absolute Gasteiger partial charge is 0.480 e. The van der Waals surface area contributed by atoms with Crippen LogP contribution in [0.15, 0.2) is 12.2 Å². The first kappa shape index (κ1) is 47.1. The Morgan fingerprint density at radius 2 is 0.878 bits per heavy atom. The summed E-state index contributed by atoms with van der Waals surface area (Å²) < 4.78 is 6.01. The standard InChI is InChI=1S/C43H81NO5/c1-3-5-7-9-11-13-14-15-16-17-18-19-20-21-22-23-25-30-34-38-43(48)49-40(35-31-27-24-12-10-8-6-4-2)36-32-28-26-29-33-37-41(45)44-39-42(46)47/h15-16,40H,3-14,17-39H2,1-2H3,(H,44,45)(H,46,47)/b16-15-. The van der Waals surface area contributed by atoms with E-state index in [1.165, 1.54) is 141 Å².